The smallest absolute Gasteiger partial charge is 0.282 e. The number of nitrogens with zero attached hydrogens (tertiary/aromatic N) is 2. The minimum absolute atomic E-state index is 0. The van der Waals surface area contributed by atoms with Crippen molar-refractivity contribution in [1.29, 1.82) is 0 Å². The van der Waals surface area contributed by atoms with Gasteiger partial charge in [0, 0.05) is 24.1 Å². The molecular weight excluding hydrogens is 350 g/mol. The second-order valence-electron chi connectivity index (χ2n) is 6.19. The minimum Gasteiger partial charge on any atom is -0.338 e. The Morgan fingerprint density at radius 3 is 2.46 bits per heavy atom. The first-order valence-electron chi connectivity index (χ1n) is 7.92. The van der Waals surface area contributed by atoms with Crippen LogP contribution in [0.1, 0.15) is 23.2 Å². The number of amides is 1. The molecule has 0 unspecified atom stereocenters. The fraction of sp³-hybridized carbons (Fsp3) is 0.562. The lowest BCUT2D eigenvalue weighted by molar-refractivity contribution is -0.385. The van der Waals surface area contributed by atoms with Crippen LogP contribution in [0.3, 0.4) is 0 Å². The van der Waals surface area contributed by atoms with Crippen molar-refractivity contribution in [3.63, 3.8) is 0 Å². The van der Waals surface area contributed by atoms with Crippen LogP contribution in [-0.4, -0.2) is 48.2 Å². The van der Waals surface area contributed by atoms with Crippen molar-refractivity contribution in [1.82, 2.24) is 10.2 Å². The average Bonchev–Trinajstić information content (AvgIpc) is 2.92. The monoisotopic (exact) mass is 371 g/mol. The molecule has 0 bridgehead atoms. The lowest BCUT2D eigenvalue weighted by Gasteiger charge is -2.21. The van der Waals surface area contributed by atoms with E-state index >= 15 is 0 Å². The number of nitrogens with one attached hydrogen (secondary N) is 1. The van der Waals surface area contributed by atoms with Crippen molar-refractivity contribution in [2.75, 3.05) is 32.4 Å². The second-order valence-corrected chi connectivity index (χ2v) is 7.07. The largest absolute Gasteiger partial charge is 0.338 e. The Balaban J connectivity index is 0.00000208. The molecule has 1 N–H and O–H groups in total. The Hall–Kier alpha value is -1.31. The Labute approximate surface area is 151 Å². The summed E-state index contributed by atoms with van der Waals surface area (Å²) in [6, 6.07) is 4.78. The van der Waals surface area contributed by atoms with Gasteiger partial charge in [-0.2, -0.15) is 0 Å². The summed E-state index contributed by atoms with van der Waals surface area (Å²) in [5.74, 6) is 1.04. The summed E-state index contributed by atoms with van der Waals surface area (Å²) in [4.78, 5) is 26.3. The number of fused-ring (bicyclic) bond motifs is 1. The van der Waals surface area contributed by atoms with Gasteiger partial charge in [-0.05, 0) is 56.2 Å². The molecule has 0 spiro atoms. The number of carbonyl (C=O) groups excluding carboxylic acids is 1. The third-order valence-corrected chi connectivity index (χ3v) is 5.66. The highest BCUT2D eigenvalue weighted by Gasteiger charge is 2.33. The topological polar surface area (TPSA) is 75.5 Å². The van der Waals surface area contributed by atoms with E-state index in [2.05, 4.69) is 5.32 Å². The fourth-order valence-electron chi connectivity index (χ4n) is 3.56. The standard InChI is InChI=1S/C16H21N3O3S.ClH/c1-23-13-2-3-15(19(21)22)14(8-13)16(20)18-6-4-11-9-17-10-12(11)5-7-18;/h2-3,8,11-12,17H,4-7,9-10H2,1H3;1H/t11-,12+;. The first kappa shape index (κ1) is 19.0. The summed E-state index contributed by atoms with van der Waals surface area (Å²) < 4.78 is 0. The summed E-state index contributed by atoms with van der Waals surface area (Å²) >= 11 is 1.48. The van der Waals surface area contributed by atoms with E-state index < -0.39 is 4.92 Å². The maximum atomic E-state index is 12.9. The molecule has 1 amide bonds. The molecule has 24 heavy (non-hydrogen) atoms. The highest BCUT2D eigenvalue weighted by atomic mass is 35.5. The van der Waals surface area contributed by atoms with Gasteiger partial charge in [0.15, 0.2) is 0 Å². The maximum Gasteiger partial charge on any atom is 0.282 e. The number of halogens is 1. The van der Waals surface area contributed by atoms with Crippen LogP contribution in [0.5, 0.6) is 0 Å². The number of thioether (sulfide) groups is 1. The SMILES string of the molecule is CSc1ccc([N+](=O)[O-])c(C(=O)N2CC[C@@H]3CNC[C@@H]3CC2)c1.Cl. The van der Waals surface area contributed by atoms with Crippen LogP contribution in [0, 0.1) is 22.0 Å². The van der Waals surface area contributed by atoms with Gasteiger partial charge < -0.3 is 10.2 Å². The van der Waals surface area contributed by atoms with Crippen molar-refractivity contribution >= 4 is 35.8 Å². The van der Waals surface area contributed by atoms with Gasteiger partial charge >= 0.3 is 0 Å². The van der Waals surface area contributed by atoms with Gasteiger partial charge in [0.1, 0.15) is 5.56 Å². The van der Waals surface area contributed by atoms with Gasteiger partial charge in [-0.1, -0.05) is 0 Å². The molecule has 0 saturated carbocycles. The predicted octanol–water partition coefficient (Wildman–Crippen LogP) is 2.81. The molecule has 2 atom stereocenters. The van der Waals surface area contributed by atoms with Crippen LogP contribution in [-0.2, 0) is 0 Å². The zero-order chi connectivity index (χ0) is 16.4. The molecule has 0 radical (unpaired) electrons. The van der Waals surface area contributed by atoms with Crippen LogP contribution < -0.4 is 5.32 Å². The number of likely N-dealkylation sites (tertiary alicyclic amines) is 1. The molecule has 2 aliphatic rings. The number of benzene rings is 1. The van der Waals surface area contributed by atoms with Gasteiger partial charge in [0.25, 0.3) is 11.6 Å². The van der Waals surface area contributed by atoms with Crippen molar-refractivity contribution < 1.29 is 9.72 Å². The van der Waals surface area contributed by atoms with E-state index in [0.29, 0.717) is 24.9 Å². The summed E-state index contributed by atoms with van der Waals surface area (Å²) in [7, 11) is 0. The highest BCUT2D eigenvalue weighted by Crippen LogP contribution is 2.30. The molecule has 132 valence electrons. The zero-order valence-electron chi connectivity index (χ0n) is 13.6. The maximum absolute atomic E-state index is 12.9. The van der Waals surface area contributed by atoms with Crippen LogP contribution in [0.4, 0.5) is 5.69 Å². The van der Waals surface area contributed by atoms with Gasteiger partial charge in [0.2, 0.25) is 0 Å². The Kier molecular flexibility index (Phi) is 6.48. The van der Waals surface area contributed by atoms with Crippen LogP contribution in [0.25, 0.3) is 0 Å². The zero-order valence-corrected chi connectivity index (χ0v) is 15.2. The molecule has 1 aromatic carbocycles. The van der Waals surface area contributed by atoms with Crippen molar-refractivity contribution in [3.05, 3.63) is 33.9 Å². The second kappa shape index (κ2) is 8.18. The number of hydrogen-bond acceptors (Lipinski definition) is 5. The lowest BCUT2D eigenvalue weighted by atomic mass is 9.92. The summed E-state index contributed by atoms with van der Waals surface area (Å²) in [5.41, 5.74) is 0.117. The normalized spacial score (nSPS) is 23.1. The Morgan fingerprint density at radius 2 is 1.92 bits per heavy atom. The molecule has 2 aliphatic heterocycles. The van der Waals surface area contributed by atoms with E-state index in [1.165, 1.54) is 17.8 Å². The van der Waals surface area contributed by atoms with E-state index in [-0.39, 0.29) is 29.6 Å². The molecular formula is C16H22ClN3O3S. The molecule has 2 heterocycles. The fourth-order valence-corrected chi connectivity index (χ4v) is 4.00. The van der Waals surface area contributed by atoms with E-state index in [4.69, 9.17) is 0 Å². The molecule has 2 saturated heterocycles. The first-order chi connectivity index (χ1) is 11.1. The molecule has 1 aromatic rings. The molecule has 0 aromatic heterocycles. The molecule has 0 aliphatic carbocycles. The third-order valence-electron chi connectivity index (χ3n) is 4.94. The predicted molar refractivity (Wildman–Crippen MR) is 97.1 cm³/mol. The Morgan fingerprint density at radius 1 is 1.29 bits per heavy atom. The summed E-state index contributed by atoms with van der Waals surface area (Å²) in [6.07, 6.45) is 3.84. The van der Waals surface area contributed by atoms with Crippen molar-refractivity contribution in [3.8, 4) is 0 Å². The summed E-state index contributed by atoms with van der Waals surface area (Å²) in [5, 5.41) is 14.7. The third kappa shape index (κ3) is 3.84. The quantitative estimate of drug-likeness (QED) is 0.502. The van der Waals surface area contributed by atoms with E-state index in [1.807, 2.05) is 6.26 Å². The lowest BCUT2D eigenvalue weighted by Crippen LogP contribution is -2.33. The van der Waals surface area contributed by atoms with Gasteiger partial charge in [-0.3, -0.25) is 14.9 Å². The van der Waals surface area contributed by atoms with E-state index in [9.17, 15) is 14.9 Å². The minimum atomic E-state index is -0.464. The molecule has 3 rings (SSSR count). The van der Waals surface area contributed by atoms with Crippen LogP contribution >= 0.6 is 24.2 Å². The van der Waals surface area contributed by atoms with Crippen molar-refractivity contribution in [2.24, 2.45) is 11.8 Å². The number of carbonyl (C=O) groups is 1. The average molecular weight is 372 g/mol. The van der Waals surface area contributed by atoms with Gasteiger partial charge in [-0.25, -0.2) is 0 Å². The van der Waals surface area contributed by atoms with Gasteiger partial charge in [0.05, 0.1) is 4.92 Å². The number of hydrogen-bond donors (Lipinski definition) is 1. The number of nitro benzene ring substituents is 1. The van der Waals surface area contributed by atoms with Gasteiger partial charge in [-0.15, -0.1) is 24.2 Å². The van der Waals surface area contributed by atoms with Crippen LogP contribution in [0.15, 0.2) is 23.1 Å². The van der Waals surface area contributed by atoms with E-state index in [1.54, 1.807) is 17.0 Å². The number of nitro groups is 1. The molecule has 8 heteroatoms. The highest BCUT2D eigenvalue weighted by molar-refractivity contribution is 7.98. The number of rotatable bonds is 3. The Bertz CT molecular complexity index is 615. The van der Waals surface area contributed by atoms with Crippen molar-refractivity contribution in [2.45, 2.75) is 17.7 Å². The van der Waals surface area contributed by atoms with E-state index in [0.717, 1.165) is 30.8 Å². The molecule has 2 fully saturated rings. The summed E-state index contributed by atoms with van der Waals surface area (Å²) in [6.45, 7) is 3.41. The van der Waals surface area contributed by atoms with Crippen LogP contribution in [0.2, 0.25) is 0 Å². The molecule has 6 nitrogen and oxygen atoms in total. The first-order valence-corrected chi connectivity index (χ1v) is 9.15.